The van der Waals surface area contributed by atoms with Crippen molar-refractivity contribution in [3.05, 3.63) is 63.6 Å². The molecule has 0 atom stereocenters. The van der Waals surface area contributed by atoms with Crippen LogP contribution in [0.1, 0.15) is 55.3 Å². The van der Waals surface area contributed by atoms with Crippen LogP contribution in [0.15, 0.2) is 41.2 Å². The van der Waals surface area contributed by atoms with E-state index in [4.69, 9.17) is 0 Å². The van der Waals surface area contributed by atoms with E-state index in [1.54, 1.807) is 19.2 Å². The zero-order valence-electron chi connectivity index (χ0n) is 25.7. The van der Waals surface area contributed by atoms with Crippen LogP contribution in [0, 0.1) is 28.6 Å². The maximum atomic E-state index is 13.1. The van der Waals surface area contributed by atoms with Gasteiger partial charge < -0.3 is 19.3 Å². The maximum Gasteiger partial charge on any atom is 0.270 e. The first-order valence-corrected chi connectivity index (χ1v) is 15.7. The summed E-state index contributed by atoms with van der Waals surface area (Å²) in [5.74, 6) is 0.788. The molecule has 1 aromatic carbocycles. The van der Waals surface area contributed by atoms with Crippen molar-refractivity contribution >= 4 is 22.4 Å². The predicted octanol–water partition coefficient (Wildman–Crippen LogP) is 4.09. The number of aromatic nitrogens is 2. The number of anilines is 2. The van der Waals surface area contributed by atoms with Crippen molar-refractivity contribution < 1.29 is 0 Å². The van der Waals surface area contributed by atoms with Gasteiger partial charge in [-0.3, -0.25) is 9.69 Å². The van der Waals surface area contributed by atoms with E-state index in [0.29, 0.717) is 22.8 Å². The summed E-state index contributed by atoms with van der Waals surface area (Å²) in [7, 11) is 5.83. The topological polar surface area (TPSA) is 95.4 Å². The number of benzene rings is 1. The molecule has 9 heteroatoms. The minimum absolute atomic E-state index is 0.0919. The average Bonchev–Trinajstić information content (AvgIpc) is 3.87. The second-order valence-corrected chi connectivity index (χ2v) is 12.8. The molecule has 2 aromatic heterocycles. The molecule has 2 saturated carbocycles. The molecule has 3 aliphatic rings. The molecule has 43 heavy (non-hydrogen) atoms. The zero-order chi connectivity index (χ0) is 30.1. The van der Waals surface area contributed by atoms with E-state index in [2.05, 4.69) is 68.0 Å². The quantitative estimate of drug-likeness (QED) is 0.395. The molecule has 224 valence electrons. The van der Waals surface area contributed by atoms with Crippen LogP contribution in [0.5, 0.6) is 0 Å². The van der Waals surface area contributed by atoms with Gasteiger partial charge in [-0.1, -0.05) is 12.1 Å². The number of fused-ring (bicyclic) bond motifs is 1. The Morgan fingerprint density at radius 1 is 0.884 bits per heavy atom. The Balaban J connectivity index is 1.18. The van der Waals surface area contributed by atoms with Crippen molar-refractivity contribution in [1.29, 1.82) is 10.5 Å². The van der Waals surface area contributed by atoms with Crippen LogP contribution in [0.3, 0.4) is 0 Å². The zero-order valence-corrected chi connectivity index (χ0v) is 25.7. The predicted molar refractivity (Wildman–Crippen MR) is 170 cm³/mol. The first-order chi connectivity index (χ1) is 20.9. The summed E-state index contributed by atoms with van der Waals surface area (Å²) < 4.78 is 1.46. The molecule has 0 unspecified atom stereocenters. The highest BCUT2D eigenvalue weighted by atomic mass is 16.1. The number of hydrogen-bond donors (Lipinski definition) is 0. The highest BCUT2D eigenvalue weighted by molar-refractivity contribution is 5.92. The summed E-state index contributed by atoms with van der Waals surface area (Å²) in [6.07, 6.45) is 6.66. The minimum Gasteiger partial charge on any atom is -0.369 e. The van der Waals surface area contributed by atoms with Crippen molar-refractivity contribution in [2.45, 2.75) is 57.2 Å². The van der Waals surface area contributed by atoms with E-state index in [9.17, 15) is 15.3 Å². The average molecular weight is 579 g/mol. The van der Waals surface area contributed by atoms with Gasteiger partial charge in [0.1, 0.15) is 28.9 Å². The van der Waals surface area contributed by atoms with Crippen molar-refractivity contribution in [3.63, 3.8) is 0 Å². The second kappa shape index (κ2) is 12.4. The number of likely N-dealkylation sites (N-methyl/N-ethyl adjacent to an activating group) is 1. The third-order valence-electron chi connectivity index (χ3n) is 9.87. The summed E-state index contributed by atoms with van der Waals surface area (Å²) in [4.78, 5) is 27.4. The fraction of sp³-hybridized carbons (Fsp3) is 0.529. The van der Waals surface area contributed by atoms with Gasteiger partial charge in [-0.05, 0) is 81.3 Å². The van der Waals surface area contributed by atoms with E-state index in [-0.39, 0.29) is 22.9 Å². The van der Waals surface area contributed by atoms with E-state index < -0.39 is 0 Å². The SMILES string of the molecule is CN1CCN(Cc2ccc(N(CC3CC3)C3CCC(N(C)c4c(C#N)c(=O)n(C)c5ccc(C#N)nc45)CC3)cc2)CC1. The van der Waals surface area contributed by atoms with Crippen molar-refractivity contribution in [1.82, 2.24) is 19.4 Å². The summed E-state index contributed by atoms with van der Waals surface area (Å²) in [6, 6.07) is 17.6. The molecule has 0 N–H and O–H groups in total. The van der Waals surface area contributed by atoms with Crippen LogP contribution in [0.4, 0.5) is 11.4 Å². The third kappa shape index (κ3) is 6.11. The van der Waals surface area contributed by atoms with Crippen LogP contribution < -0.4 is 15.4 Å². The fourth-order valence-electron chi connectivity index (χ4n) is 6.94. The number of nitriles is 2. The molecule has 2 aliphatic carbocycles. The fourth-order valence-corrected chi connectivity index (χ4v) is 6.94. The smallest absolute Gasteiger partial charge is 0.270 e. The summed E-state index contributed by atoms with van der Waals surface area (Å²) >= 11 is 0. The minimum atomic E-state index is -0.330. The number of aryl methyl sites for hydroxylation is 1. The van der Waals surface area contributed by atoms with Gasteiger partial charge in [-0.25, -0.2) is 4.98 Å². The second-order valence-electron chi connectivity index (χ2n) is 12.8. The number of pyridine rings is 2. The van der Waals surface area contributed by atoms with E-state index >= 15 is 0 Å². The van der Waals surface area contributed by atoms with Crippen LogP contribution in [0.2, 0.25) is 0 Å². The lowest BCUT2D eigenvalue weighted by Gasteiger charge is -2.42. The lowest BCUT2D eigenvalue weighted by molar-refractivity contribution is 0.148. The third-order valence-corrected chi connectivity index (χ3v) is 9.87. The maximum absolute atomic E-state index is 13.1. The number of nitrogens with zero attached hydrogens (tertiary/aromatic N) is 8. The van der Waals surface area contributed by atoms with Gasteiger partial charge in [0.25, 0.3) is 5.56 Å². The first kappa shape index (κ1) is 29.2. The Labute approximate surface area is 254 Å². The van der Waals surface area contributed by atoms with Crippen LogP contribution in [-0.4, -0.2) is 78.3 Å². The molecule has 0 bridgehead atoms. The van der Waals surface area contributed by atoms with E-state index in [1.807, 2.05) is 7.05 Å². The van der Waals surface area contributed by atoms with Gasteiger partial charge >= 0.3 is 0 Å². The van der Waals surface area contributed by atoms with Crippen molar-refractivity contribution in [3.8, 4) is 12.1 Å². The largest absolute Gasteiger partial charge is 0.369 e. The molecule has 9 nitrogen and oxygen atoms in total. The van der Waals surface area contributed by atoms with Gasteiger partial charge in [0, 0.05) is 71.1 Å². The monoisotopic (exact) mass is 578 g/mol. The van der Waals surface area contributed by atoms with Gasteiger partial charge in [-0.2, -0.15) is 10.5 Å². The Morgan fingerprint density at radius 3 is 2.19 bits per heavy atom. The molecule has 0 spiro atoms. The molecule has 1 saturated heterocycles. The molecule has 6 rings (SSSR count). The van der Waals surface area contributed by atoms with Crippen LogP contribution in [-0.2, 0) is 13.6 Å². The van der Waals surface area contributed by atoms with Crippen molar-refractivity contribution in [2.24, 2.45) is 13.0 Å². The molecule has 0 amide bonds. The van der Waals surface area contributed by atoms with Gasteiger partial charge in [0.05, 0.1) is 11.2 Å². The Morgan fingerprint density at radius 2 is 1.56 bits per heavy atom. The molecule has 3 fully saturated rings. The summed E-state index contributed by atoms with van der Waals surface area (Å²) in [5, 5.41) is 19.5. The van der Waals surface area contributed by atoms with Gasteiger partial charge in [0.15, 0.2) is 0 Å². The van der Waals surface area contributed by atoms with Gasteiger partial charge in [-0.15, -0.1) is 0 Å². The highest BCUT2D eigenvalue weighted by Crippen LogP contribution is 2.37. The summed E-state index contributed by atoms with van der Waals surface area (Å²) in [6.45, 7) is 6.66. The summed E-state index contributed by atoms with van der Waals surface area (Å²) in [5.41, 5.74) is 4.46. The lowest BCUT2D eigenvalue weighted by Crippen LogP contribution is -2.44. The molecule has 3 heterocycles. The normalized spacial score (nSPS) is 21.3. The van der Waals surface area contributed by atoms with E-state index in [1.165, 1.54) is 28.7 Å². The number of hydrogen-bond acceptors (Lipinski definition) is 8. The highest BCUT2D eigenvalue weighted by Gasteiger charge is 2.33. The molecular weight excluding hydrogens is 536 g/mol. The molecule has 3 aromatic rings. The molecule has 1 aliphatic heterocycles. The lowest BCUT2D eigenvalue weighted by atomic mass is 9.88. The van der Waals surface area contributed by atoms with E-state index in [0.717, 1.165) is 70.9 Å². The number of rotatable bonds is 8. The van der Waals surface area contributed by atoms with Crippen molar-refractivity contribution in [2.75, 3.05) is 56.6 Å². The Bertz CT molecular complexity index is 1600. The molecular formula is C34H42N8O. The molecule has 0 radical (unpaired) electrons. The standard InChI is InChI=1S/C34H42N8O/c1-38-16-18-41(19-17-38)22-24-6-9-28(10-7-24)42(23-25-4-5-25)29-13-11-27(12-14-29)39(2)33-30(21-36)34(43)40(3)31-15-8-26(20-35)37-32(31)33/h6-10,15,25,27,29H,4-5,11-14,16-19,22-23H2,1-3H3. The number of piperazine rings is 1. The Hall–Kier alpha value is -3.92. The van der Waals surface area contributed by atoms with Gasteiger partial charge in [0.2, 0.25) is 0 Å². The Kier molecular flexibility index (Phi) is 8.38. The van der Waals surface area contributed by atoms with Crippen LogP contribution in [0.25, 0.3) is 11.0 Å². The van der Waals surface area contributed by atoms with Crippen LogP contribution >= 0.6 is 0 Å². The first-order valence-electron chi connectivity index (χ1n) is 15.7.